The Balaban J connectivity index is 1.93. The average Bonchev–Trinajstić information content (AvgIpc) is 2.81. The van der Waals surface area contributed by atoms with Crippen molar-refractivity contribution in [3.05, 3.63) is 69.3 Å². The number of nitrogens with one attached hydrogen (secondary N) is 1. The van der Waals surface area contributed by atoms with Gasteiger partial charge >= 0.3 is 6.03 Å². The summed E-state index contributed by atoms with van der Waals surface area (Å²) in [5.41, 5.74) is 1.61. The molecule has 0 unspecified atom stereocenters. The molecular formula is C17H9Cl2N3O2. The van der Waals surface area contributed by atoms with Crippen molar-refractivity contribution in [2.24, 2.45) is 0 Å². The number of rotatable bonds is 2. The van der Waals surface area contributed by atoms with E-state index in [2.05, 4.69) is 5.32 Å². The lowest BCUT2D eigenvalue weighted by Crippen LogP contribution is -2.30. The molecule has 0 atom stereocenters. The van der Waals surface area contributed by atoms with Gasteiger partial charge in [-0.3, -0.25) is 4.79 Å². The Morgan fingerprint density at radius 1 is 1.04 bits per heavy atom. The molecule has 1 fully saturated rings. The molecule has 2 aromatic rings. The summed E-state index contributed by atoms with van der Waals surface area (Å²) in [7, 11) is 0. The maximum atomic E-state index is 12.5. The van der Waals surface area contributed by atoms with Crippen LogP contribution in [-0.4, -0.2) is 11.9 Å². The first-order chi connectivity index (χ1) is 11.5. The average molecular weight is 358 g/mol. The van der Waals surface area contributed by atoms with Crippen molar-refractivity contribution in [2.45, 2.75) is 0 Å². The van der Waals surface area contributed by atoms with Gasteiger partial charge in [0.1, 0.15) is 5.70 Å². The number of urea groups is 1. The molecule has 5 nitrogen and oxygen atoms in total. The zero-order chi connectivity index (χ0) is 17.3. The molecule has 24 heavy (non-hydrogen) atoms. The van der Waals surface area contributed by atoms with E-state index in [1.165, 1.54) is 24.3 Å². The van der Waals surface area contributed by atoms with E-state index >= 15 is 0 Å². The number of carbonyl (C=O) groups is 2. The minimum absolute atomic E-state index is 0.126. The molecule has 0 aliphatic carbocycles. The standard InChI is InChI=1S/C17H9Cl2N3O2/c18-12-6-13(19)8-14(7-12)22-16(23)15(21-17(22)24)5-10-1-3-11(9-20)4-2-10/h1-8H,(H,21,24)/b15-5+. The fraction of sp³-hybridized carbons (Fsp3) is 0. The van der Waals surface area contributed by atoms with E-state index in [9.17, 15) is 9.59 Å². The number of carbonyl (C=O) groups excluding carboxylic acids is 2. The molecule has 0 aromatic heterocycles. The Morgan fingerprint density at radius 3 is 2.25 bits per heavy atom. The molecule has 1 saturated heterocycles. The lowest BCUT2D eigenvalue weighted by Gasteiger charge is -2.12. The van der Waals surface area contributed by atoms with Crippen LogP contribution < -0.4 is 10.2 Å². The summed E-state index contributed by atoms with van der Waals surface area (Å²) >= 11 is 11.8. The van der Waals surface area contributed by atoms with E-state index < -0.39 is 11.9 Å². The molecule has 0 spiro atoms. The summed E-state index contributed by atoms with van der Waals surface area (Å²) in [4.78, 5) is 25.6. The summed E-state index contributed by atoms with van der Waals surface area (Å²) in [6.45, 7) is 0. The van der Waals surface area contributed by atoms with Gasteiger partial charge in [0, 0.05) is 10.0 Å². The maximum absolute atomic E-state index is 12.5. The number of hydrogen-bond donors (Lipinski definition) is 1. The molecule has 118 valence electrons. The van der Waals surface area contributed by atoms with Crippen LogP contribution in [-0.2, 0) is 4.79 Å². The minimum Gasteiger partial charge on any atom is -0.302 e. The Labute approximate surface area is 147 Å². The van der Waals surface area contributed by atoms with Crippen LogP contribution in [0.4, 0.5) is 10.5 Å². The van der Waals surface area contributed by atoms with Gasteiger partial charge in [0.15, 0.2) is 0 Å². The Kier molecular flexibility index (Phi) is 4.26. The summed E-state index contributed by atoms with van der Waals surface area (Å²) < 4.78 is 0. The number of halogens is 2. The number of anilines is 1. The zero-order valence-corrected chi connectivity index (χ0v) is 13.6. The van der Waals surface area contributed by atoms with Crippen LogP contribution in [0.5, 0.6) is 0 Å². The van der Waals surface area contributed by atoms with Crippen molar-refractivity contribution < 1.29 is 9.59 Å². The van der Waals surface area contributed by atoms with E-state index in [-0.39, 0.29) is 5.70 Å². The first-order valence-corrected chi connectivity index (χ1v) is 7.57. The van der Waals surface area contributed by atoms with Gasteiger partial charge in [-0.2, -0.15) is 5.26 Å². The highest BCUT2D eigenvalue weighted by Crippen LogP contribution is 2.28. The molecule has 1 aliphatic heterocycles. The first-order valence-electron chi connectivity index (χ1n) is 6.81. The van der Waals surface area contributed by atoms with Crippen LogP contribution >= 0.6 is 23.2 Å². The van der Waals surface area contributed by atoms with Crippen LogP contribution in [0, 0.1) is 11.3 Å². The van der Waals surface area contributed by atoms with Crippen LogP contribution in [0.25, 0.3) is 6.08 Å². The van der Waals surface area contributed by atoms with Gasteiger partial charge in [0.2, 0.25) is 0 Å². The highest BCUT2D eigenvalue weighted by molar-refractivity contribution is 6.36. The fourth-order valence-electron chi connectivity index (χ4n) is 2.26. The fourth-order valence-corrected chi connectivity index (χ4v) is 2.77. The van der Waals surface area contributed by atoms with Gasteiger partial charge in [0.25, 0.3) is 5.91 Å². The van der Waals surface area contributed by atoms with E-state index in [0.29, 0.717) is 26.9 Å². The van der Waals surface area contributed by atoms with Crippen LogP contribution in [0.1, 0.15) is 11.1 Å². The van der Waals surface area contributed by atoms with Crippen molar-refractivity contribution in [2.75, 3.05) is 4.90 Å². The van der Waals surface area contributed by atoms with Gasteiger partial charge in [-0.25, -0.2) is 9.69 Å². The topological polar surface area (TPSA) is 73.2 Å². The second-order valence-corrected chi connectivity index (χ2v) is 5.86. The molecule has 7 heteroatoms. The lowest BCUT2D eigenvalue weighted by molar-refractivity contribution is -0.113. The van der Waals surface area contributed by atoms with Gasteiger partial charge < -0.3 is 5.32 Å². The summed E-state index contributed by atoms with van der Waals surface area (Å²) in [5.74, 6) is -0.511. The van der Waals surface area contributed by atoms with Crippen LogP contribution in [0.2, 0.25) is 10.0 Å². The Bertz CT molecular complexity index is 894. The lowest BCUT2D eigenvalue weighted by atomic mass is 10.1. The summed E-state index contributed by atoms with van der Waals surface area (Å²) in [5, 5.41) is 11.9. The van der Waals surface area contributed by atoms with Gasteiger partial charge in [0.05, 0.1) is 17.3 Å². The SMILES string of the molecule is N#Cc1ccc(/C=C2/NC(=O)N(c3cc(Cl)cc(Cl)c3)C2=O)cc1. The molecule has 3 amide bonds. The molecule has 1 heterocycles. The number of imide groups is 1. The smallest absolute Gasteiger partial charge is 0.302 e. The molecule has 0 saturated carbocycles. The zero-order valence-electron chi connectivity index (χ0n) is 12.1. The van der Waals surface area contributed by atoms with Crippen molar-refractivity contribution in [3.8, 4) is 6.07 Å². The van der Waals surface area contributed by atoms with Crippen LogP contribution in [0.15, 0.2) is 48.2 Å². The molecule has 0 radical (unpaired) electrons. The predicted octanol–water partition coefficient (Wildman–Crippen LogP) is 3.96. The number of nitriles is 1. The normalized spacial score (nSPS) is 15.5. The van der Waals surface area contributed by atoms with Crippen molar-refractivity contribution >= 4 is 46.9 Å². The second-order valence-electron chi connectivity index (χ2n) is 4.99. The van der Waals surface area contributed by atoms with Crippen LogP contribution in [0.3, 0.4) is 0 Å². The van der Waals surface area contributed by atoms with Crippen molar-refractivity contribution in [1.82, 2.24) is 5.32 Å². The highest BCUT2D eigenvalue weighted by atomic mass is 35.5. The summed E-state index contributed by atoms with van der Waals surface area (Å²) in [6.07, 6.45) is 1.54. The van der Waals surface area contributed by atoms with Crippen molar-refractivity contribution in [1.29, 1.82) is 5.26 Å². The number of nitrogens with zero attached hydrogens (tertiary/aromatic N) is 2. The molecule has 0 bridgehead atoms. The van der Waals surface area contributed by atoms with Gasteiger partial charge in [-0.1, -0.05) is 35.3 Å². The monoisotopic (exact) mass is 357 g/mol. The third kappa shape index (κ3) is 3.11. The Hall–Kier alpha value is -2.81. The molecule has 1 aliphatic rings. The first kappa shape index (κ1) is 16.1. The molecule has 3 rings (SSSR count). The number of amides is 3. The molecule has 1 N–H and O–H groups in total. The summed E-state index contributed by atoms with van der Waals surface area (Å²) in [6, 6.07) is 12.5. The largest absolute Gasteiger partial charge is 0.333 e. The van der Waals surface area contributed by atoms with E-state index in [1.54, 1.807) is 24.3 Å². The molecule has 2 aromatic carbocycles. The maximum Gasteiger partial charge on any atom is 0.333 e. The highest BCUT2D eigenvalue weighted by Gasteiger charge is 2.35. The predicted molar refractivity (Wildman–Crippen MR) is 91.6 cm³/mol. The second kappa shape index (κ2) is 6.36. The number of benzene rings is 2. The third-order valence-corrected chi connectivity index (χ3v) is 3.77. The van der Waals surface area contributed by atoms with E-state index in [1.807, 2.05) is 6.07 Å². The third-order valence-electron chi connectivity index (χ3n) is 3.33. The minimum atomic E-state index is -0.585. The Morgan fingerprint density at radius 2 is 1.67 bits per heavy atom. The quantitative estimate of drug-likeness (QED) is 0.652. The van der Waals surface area contributed by atoms with Crippen molar-refractivity contribution in [3.63, 3.8) is 0 Å². The molecular weight excluding hydrogens is 349 g/mol. The number of hydrogen-bond acceptors (Lipinski definition) is 3. The van der Waals surface area contributed by atoms with E-state index in [0.717, 1.165) is 4.90 Å². The van der Waals surface area contributed by atoms with Gasteiger partial charge in [-0.05, 0) is 42.0 Å². The van der Waals surface area contributed by atoms with E-state index in [4.69, 9.17) is 28.5 Å². The van der Waals surface area contributed by atoms with Gasteiger partial charge in [-0.15, -0.1) is 0 Å².